The number of hydrogen-bond donors (Lipinski definition) is 2. The SMILES string of the molecule is O=C(CNC(=O)COc1ccccc1)NCCSc1ccc(Cl)cc1. The van der Waals surface area contributed by atoms with Crippen LogP contribution in [0.3, 0.4) is 0 Å². The van der Waals surface area contributed by atoms with E-state index in [-0.39, 0.29) is 25.0 Å². The highest BCUT2D eigenvalue weighted by molar-refractivity contribution is 7.99. The van der Waals surface area contributed by atoms with Gasteiger partial charge in [0.1, 0.15) is 5.75 Å². The zero-order valence-corrected chi connectivity index (χ0v) is 15.1. The van der Waals surface area contributed by atoms with Gasteiger partial charge < -0.3 is 15.4 Å². The van der Waals surface area contributed by atoms with Crippen LogP contribution in [-0.4, -0.2) is 37.3 Å². The van der Waals surface area contributed by atoms with Gasteiger partial charge >= 0.3 is 0 Å². The number of carbonyl (C=O) groups excluding carboxylic acids is 2. The lowest BCUT2D eigenvalue weighted by Gasteiger charge is -2.08. The number of thioether (sulfide) groups is 1. The molecule has 0 aliphatic rings. The van der Waals surface area contributed by atoms with Gasteiger partial charge in [0.15, 0.2) is 6.61 Å². The van der Waals surface area contributed by atoms with E-state index in [1.807, 2.05) is 42.5 Å². The molecule has 2 N–H and O–H groups in total. The van der Waals surface area contributed by atoms with Crippen molar-refractivity contribution in [2.45, 2.75) is 4.90 Å². The van der Waals surface area contributed by atoms with Gasteiger partial charge in [-0.15, -0.1) is 11.8 Å². The molecule has 2 amide bonds. The maximum absolute atomic E-state index is 11.7. The molecule has 0 aliphatic heterocycles. The minimum Gasteiger partial charge on any atom is -0.484 e. The second-order valence-corrected chi connectivity index (χ2v) is 6.64. The van der Waals surface area contributed by atoms with Crippen LogP contribution >= 0.6 is 23.4 Å². The summed E-state index contributed by atoms with van der Waals surface area (Å²) in [6.07, 6.45) is 0. The van der Waals surface area contributed by atoms with Gasteiger partial charge in [0, 0.05) is 22.2 Å². The Kier molecular flexibility index (Phi) is 8.15. The van der Waals surface area contributed by atoms with Crippen LogP contribution in [-0.2, 0) is 9.59 Å². The van der Waals surface area contributed by atoms with Gasteiger partial charge in [-0.3, -0.25) is 9.59 Å². The minimum atomic E-state index is -0.338. The largest absolute Gasteiger partial charge is 0.484 e. The molecule has 7 heteroatoms. The lowest BCUT2D eigenvalue weighted by molar-refractivity contribution is -0.127. The third-order valence-electron chi connectivity index (χ3n) is 3.07. The molecule has 0 spiro atoms. The number of benzene rings is 2. The van der Waals surface area contributed by atoms with E-state index < -0.39 is 0 Å². The number of ether oxygens (including phenoxy) is 1. The Bertz CT molecular complexity index is 680. The predicted octanol–water partition coefficient (Wildman–Crippen LogP) is 2.74. The third-order valence-corrected chi connectivity index (χ3v) is 4.33. The van der Waals surface area contributed by atoms with Gasteiger partial charge in [-0.1, -0.05) is 29.8 Å². The van der Waals surface area contributed by atoms with Crippen LogP contribution in [0.25, 0.3) is 0 Å². The lowest BCUT2D eigenvalue weighted by Crippen LogP contribution is -2.39. The van der Waals surface area contributed by atoms with E-state index in [2.05, 4.69) is 10.6 Å². The number of para-hydroxylation sites is 1. The number of halogens is 1. The van der Waals surface area contributed by atoms with E-state index in [1.54, 1.807) is 23.9 Å². The molecule has 0 atom stereocenters. The van der Waals surface area contributed by atoms with Crippen molar-refractivity contribution in [2.24, 2.45) is 0 Å². The predicted molar refractivity (Wildman–Crippen MR) is 100 cm³/mol. The van der Waals surface area contributed by atoms with Gasteiger partial charge in [-0.05, 0) is 36.4 Å². The molecule has 5 nitrogen and oxygen atoms in total. The number of nitrogens with one attached hydrogen (secondary N) is 2. The monoisotopic (exact) mass is 378 g/mol. The zero-order chi connectivity index (χ0) is 17.9. The van der Waals surface area contributed by atoms with Crippen molar-refractivity contribution in [3.63, 3.8) is 0 Å². The molecule has 2 aromatic rings. The van der Waals surface area contributed by atoms with E-state index in [4.69, 9.17) is 16.3 Å². The molecule has 0 aromatic heterocycles. The van der Waals surface area contributed by atoms with Crippen LogP contribution in [0.15, 0.2) is 59.5 Å². The number of hydrogen-bond acceptors (Lipinski definition) is 4. The Morgan fingerprint density at radius 3 is 2.40 bits per heavy atom. The average Bonchev–Trinajstić information content (AvgIpc) is 2.64. The molecule has 25 heavy (non-hydrogen) atoms. The Labute approximate surface area is 156 Å². The first kappa shape index (κ1) is 19.1. The molecule has 0 radical (unpaired) electrons. The van der Waals surface area contributed by atoms with E-state index in [0.29, 0.717) is 17.3 Å². The Morgan fingerprint density at radius 2 is 1.68 bits per heavy atom. The van der Waals surface area contributed by atoms with E-state index in [0.717, 1.165) is 10.6 Å². The molecule has 0 fully saturated rings. The smallest absolute Gasteiger partial charge is 0.258 e. The van der Waals surface area contributed by atoms with Crippen molar-refractivity contribution < 1.29 is 14.3 Å². The van der Waals surface area contributed by atoms with E-state index in [1.165, 1.54) is 0 Å². The molecule has 0 bridgehead atoms. The summed E-state index contributed by atoms with van der Waals surface area (Å²) < 4.78 is 5.30. The maximum atomic E-state index is 11.7. The van der Waals surface area contributed by atoms with Crippen LogP contribution < -0.4 is 15.4 Å². The lowest BCUT2D eigenvalue weighted by atomic mass is 10.3. The van der Waals surface area contributed by atoms with Crippen LogP contribution in [0.5, 0.6) is 5.75 Å². The molecule has 132 valence electrons. The topological polar surface area (TPSA) is 67.4 Å². The Hall–Kier alpha value is -2.18. The molecule has 0 aliphatic carbocycles. The quantitative estimate of drug-likeness (QED) is 0.520. The highest BCUT2D eigenvalue weighted by Crippen LogP contribution is 2.19. The zero-order valence-electron chi connectivity index (χ0n) is 13.5. The number of rotatable bonds is 9. The highest BCUT2D eigenvalue weighted by Gasteiger charge is 2.06. The van der Waals surface area contributed by atoms with Crippen molar-refractivity contribution in [1.29, 1.82) is 0 Å². The summed E-state index contributed by atoms with van der Waals surface area (Å²) in [5, 5.41) is 5.97. The average molecular weight is 379 g/mol. The van der Waals surface area contributed by atoms with Gasteiger partial charge in [0.2, 0.25) is 5.91 Å². The van der Waals surface area contributed by atoms with E-state index >= 15 is 0 Å². The maximum Gasteiger partial charge on any atom is 0.258 e. The first-order valence-electron chi connectivity index (χ1n) is 7.73. The summed E-state index contributed by atoms with van der Waals surface area (Å²) in [6.45, 7) is 0.328. The van der Waals surface area contributed by atoms with Gasteiger partial charge in [-0.25, -0.2) is 0 Å². The summed E-state index contributed by atoms with van der Waals surface area (Å²) >= 11 is 7.44. The number of amides is 2. The van der Waals surface area contributed by atoms with Crippen molar-refractivity contribution in [2.75, 3.05) is 25.4 Å². The second kappa shape index (κ2) is 10.6. The summed E-state index contributed by atoms with van der Waals surface area (Å²) in [5.74, 6) is 0.777. The third kappa shape index (κ3) is 7.96. The molecular formula is C18H19ClN2O3S. The summed E-state index contributed by atoms with van der Waals surface area (Å²) in [7, 11) is 0. The normalized spacial score (nSPS) is 10.1. The summed E-state index contributed by atoms with van der Waals surface area (Å²) in [4.78, 5) is 24.4. The van der Waals surface area contributed by atoms with Crippen molar-refractivity contribution >= 4 is 35.2 Å². The fraction of sp³-hybridized carbons (Fsp3) is 0.222. The summed E-state index contributed by atoms with van der Waals surface area (Å²) in [5.41, 5.74) is 0. The van der Waals surface area contributed by atoms with Crippen LogP contribution in [0, 0.1) is 0 Å². The second-order valence-electron chi connectivity index (χ2n) is 5.03. The Morgan fingerprint density at radius 1 is 0.960 bits per heavy atom. The van der Waals surface area contributed by atoms with Crippen molar-refractivity contribution in [3.05, 3.63) is 59.6 Å². The van der Waals surface area contributed by atoms with Crippen LogP contribution in [0.2, 0.25) is 5.02 Å². The molecule has 0 heterocycles. The molecular weight excluding hydrogens is 360 g/mol. The molecule has 0 saturated heterocycles. The van der Waals surface area contributed by atoms with Crippen LogP contribution in [0.4, 0.5) is 0 Å². The highest BCUT2D eigenvalue weighted by atomic mass is 35.5. The fourth-order valence-electron chi connectivity index (χ4n) is 1.85. The standard InChI is InChI=1S/C18H19ClN2O3S/c19-14-6-8-16(9-7-14)25-11-10-20-17(22)12-21-18(23)13-24-15-4-2-1-3-5-15/h1-9H,10-13H2,(H,20,22)(H,21,23). The van der Waals surface area contributed by atoms with Gasteiger partial charge in [0.25, 0.3) is 5.91 Å². The molecule has 2 aromatic carbocycles. The van der Waals surface area contributed by atoms with Crippen LogP contribution in [0.1, 0.15) is 0 Å². The Balaban J connectivity index is 1.54. The molecule has 0 unspecified atom stereocenters. The molecule has 2 rings (SSSR count). The number of carbonyl (C=O) groups is 2. The fourth-order valence-corrected chi connectivity index (χ4v) is 2.74. The van der Waals surface area contributed by atoms with E-state index in [9.17, 15) is 9.59 Å². The van der Waals surface area contributed by atoms with Gasteiger partial charge in [-0.2, -0.15) is 0 Å². The minimum absolute atomic E-state index is 0.0669. The first-order chi connectivity index (χ1) is 12.1. The van der Waals surface area contributed by atoms with Crippen molar-refractivity contribution in [3.8, 4) is 5.75 Å². The molecule has 0 saturated carbocycles. The summed E-state index contributed by atoms with van der Waals surface area (Å²) in [6, 6.07) is 16.6. The van der Waals surface area contributed by atoms with Crippen molar-refractivity contribution in [1.82, 2.24) is 10.6 Å². The van der Waals surface area contributed by atoms with Gasteiger partial charge in [0.05, 0.1) is 6.54 Å². The first-order valence-corrected chi connectivity index (χ1v) is 9.09.